The second kappa shape index (κ2) is 6.68. The average molecular weight is 277 g/mol. The number of carbonyl (C=O) groups is 1. The van der Waals surface area contributed by atoms with E-state index < -0.39 is 0 Å². The predicted octanol–water partition coefficient (Wildman–Crippen LogP) is 1.43. The van der Waals surface area contributed by atoms with Gasteiger partial charge in [0, 0.05) is 12.1 Å². The molecule has 0 bridgehead atoms. The molecule has 1 N–H and O–H groups in total. The van der Waals surface area contributed by atoms with Crippen LogP contribution >= 0.6 is 0 Å². The molecule has 1 amide bonds. The van der Waals surface area contributed by atoms with Crippen molar-refractivity contribution in [1.29, 1.82) is 0 Å². The molecule has 0 radical (unpaired) electrons. The van der Waals surface area contributed by atoms with E-state index in [4.69, 9.17) is 0 Å². The van der Waals surface area contributed by atoms with E-state index in [0.717, 1.165) is 43.4 Å². The zero-order chi connectivity index (χ0) is 14.5. The summed E-state index contributed by atoms with van der Waals surface area (Å²) >= 11 is 0. The maximum Gasteiger partial charge on any atom is 0.267 e. The summed E-state index contributed by atoms with van der Waals surface area (Å²) in [7, 11) is 0. The lowest BCUT2D eigenvalue weighted by Crippen LogP contribution is -2.38. The summed E-state index contributed by atoms with van der Waals surface area (Å²) in [5.74, 6) is -0.150. The number of fused-ring (bicyclic) bond motifs is 1. The van der Waals surface area contributed by atoms with Crippen molar-refractivity contribution in [3.05, 3.63) is 27.7 Å². The third-order valence-corrected chi connectivity index (χ3v) is 3.84. The molecule has 0 saturated carbocycles. The topological polar surface area (TPSA) is 64.0 Å². The third-order valence-electron chi connectivity index (χ3n) is 3.84. The smallest absolute Gasteiger partial charge is 0.267 e. The Hall–Kier alpha value is -1.65. The van der Waals surface area contributed by atoms with Crippen molar-refractivity contribution in [3.63, 3.8) is 0 Å². The number of aromatic nitrogens is 2. The number of aryl methyl sites for hydroxylation is 2. The summed E-state index contributed by atoms with van der Waals surface area (Å²) in [6.07, 6.45) is 6.11. The van der Waals surface area contributed by atoms with Crippen LogP contribution in [-0.2, 0) is 24.2 Å². The fraction of sp³-hybridized carbons (Fsp3) is 0.667. The van der Waals surface area contributed by atoms with Gasteiger partial charge in [0.1, 0.15) is 6.54 Å². The van der Waals surface area contributed by atoms with Crippen molar-refractivity contribution in [1.82, 2.24) is 15.1 Å². The SMILES string of the molecule is CC[C@@H](C)NC(=O)Cn1nc2c(cc1=O)CCCCC2. The molecule has 5 heteroatoms. The minimum absolute atomic E-state index is 0.0104. The minimum Gasteiger partial charge on any atom is -0.352 e. The quantitative estimate of drug-likeness (QED) is 0.847. The van der Waals surface area contributed by atoms with Crippen LogP contribution in [0.15, 0.2) is 10.9 Å². The zero-order valence-corrected chi connectivity index (χ0v) is 12.3. The van der Waals surface area contributed by atoms with Crippen LogP contribution in [0.25, 0.3) is 0 Å². The molecule has 0 aliphatic heterocycles. The molecule has 1 aromatic heterocycles. The summed E-state index contributed by atoms with van der Waals surface area (Å²) in [4.78, 5) is 23.9. The zero-order valence-electron chi connectivity index (χ0n) is 12.3. The molecule has 20 heavy (non-hydrogen) atoms. The van der Waals surface area contributed by atoms with Crippen molar-refractivity contribution in [2.24, 2.45) is 0 Å². The van der Waals surface area contributed by atoms with E-state index in [1.807, 2.05) is 13.8 Å². The molecule has 1 aromatic rings. The Balaban J connectivity index is 2.14. The Labute approximate surface area is 119 Å². The van der Waals surface area contributed by atoms with Gasteiger partial charge in [0.05, 0.1) is 5.69 Å². The van der Waals surface area contributed by atoms with Crippen LogP contribution in [0, 0.1) is 0 Å². The highest BCUT2D eigenvalue weighted by molar-refractivity contribution is 5.75. The average Bonchev–Trinajstić information content (AvgIpc) is 2.64. The first-order valence-corrected chi connectivity index (χ1v) is 7.49. The molecular weight excluding hydrogens is 254 g/mol. The van der Waals surface area contributed by atoms with E-state index in [1.54, 1.807) is 6.07 Å². The number of nitrogens with zero attached hydrogens (tertiary/aromatic N) is 2. The first-order valence-electron chi connectivity index (χ1n) is 7.49. The Morgan fingerprint density at radius 1 is 1.40 bits per heavy atom. The van der Waals surface area contributed by atoms with Gasteiger partial charge in [0.15, 0.2) is 0 Å². The largest absolute Gasteiger partial charge is 0.352 e. The molecule has 0 aromatic carbocycles. The Bertz CT molecular complexity index is 536. The summed E-state index contributed by atoms with van der Waals surface area (Å²) in [6.45, 7) is 3.97. The van der Waals surface area contributed by atoms with Crippen LogP contribution in [0.1, 0.15) is 50.8 Å². The maximum atomic E-state index is 12.0. The molecule has 0 saturated heterocycles. The van der Waals surface area contributed by atoms with Crippen molar-refractivity contribution >= 4 is 5.91 Å². The number of hydrogen-bond donors (Lipinski definition) is 1. The van der Waals surface area contributed by atoms with Gasteiger partial charge in [0.2, 0.25) is 5.91 Å². The number of nitrogens with one attached hydrogen (secondary N) is 1. The number of amides is 1. The lowest BCUT2D eigenvalue weighted by atomic mass is 10.1. The first-order chi connectivity index (χ1) is 9.60. The van der Waals surface area contributed by atoms with Crippen LogP contribution in [0.4, 0.5) is 0 Å². The van der Waals surface area contributed by atoms with Crippen molar-refractivity contribution in [2.75, 3.05) is 0 Å². The molecule has 1 aliphatic carbocycles. The molecule has 1 heterocycles. The summed E-state index contributed by atoms with van der Waals surface area (Å²) in [6, 6.07) is 1.78. The summed E-state index contributed by atoms with van der Waals surface area (Å²) in [5.41, 5.74) is 1.87. The molecule has 0 fully saturated rings. The van der Waals surface area contributed by atoms with Gasteiger partial charge in [-0.05, 0) is 44.6 Å². The lowest BCUT2D eigenvalue weighted by molar-refractivity contribution is -0.122. The molecule has 0 spiro atoms. The monoisotopic (exact) mass is 277 g/mol. The third kappa shape index (κ3) is 3.68. The molecule has 5 nitrogen and oxygen atoms in total. The van der Waals surface area contributed by atoms with E-state index in [0.29, 0.717) is 0 Å². The number of hydrogen-bond acceptors (Lipinski definition) is 3. The van der Waals surface area contributed by atoms with E-state index in [-0.39, 0.29) is 24.1 Å². The summed E-state index contributed by atoms with van der Waals surface area (Å²) < 4.78 is 1.29. The van der Waals surface area contributed by atoms with Crippen molar-refractivity contribution in [2.45, 2.75) is 65.0 Å². The number of rotatable bonds is 4. The lowest BCUT2D eigenvalue weighted by Gasteiger charge is -2.13. The predicted molar refractivity (Wildman–Crippen MR) is 77.7 cm³/mol. The molecule has 110 valence electrons. The van der Waals surface area contributed by atoms with Crippen molar-refractivity contribution < 1.29 is 4.79 Å². The highest BCUT2D eigenvalue weighted by Crippen LogP contribution is 2.16. The van der Waals surface area contributed by atoms with Gasteiger partial charge in [-0.2, -0.15) is 5.10 Å². The Kier molecular flexibility index (Phi) is 4.93. The Morgan fingerprint density at radius 3 is 2.90 bits per heavy atom. The van der Waals surface area contributed by atoms with E-state index in [2.05, 4.69) is 10.4 Å². The first kappa shape index (κ1) is 14.8. The van der Waals surface area contributed by atoms with Crippen LogP contribution in [0.2, 0.25) is 0 Å². The van der Waals surface area contributed by atoms with E-state index in [1.165, 1.54) is 11.1 Å². The van der Waals surface area contributed by atoms with Gasteiger partial charge < -0.3 is 5.32 Å². The van der Waals surface area contributed by atoms with Gasteiger partial charge in [-0.15, -0.1) is 0 Å². The van der Waals surface area contributed by atoms with Crippen LogP contribution in [0.3, 0.4) is 0 Å². The van der Waals surface area contributed by atoms with E-state index >= 15 is 0 Å². The highest BCUT2D eigenvalue weighted by atomic mass is 16.2. The standard InChI is InChI=1S/C15H23N3O2/c1-3-11(2)16-14(19)10-18-15(20)9-12-7-5-4-6-8-13(12)17-18/h9,11H,3-8,10H2,1-2H3,(H,16,19)/t11-/m1/s1. The highest BCUT2D eigenvalue weighted by Gasteiger charge is 2.14. The second-order valence-corrected chi connectivity index (χ2v) is 5.55. The van der Waals surface area contributed by atoms with Crippen LogP contribution in [-0.4, -0.2) is 21.7 Å². The number of carbonyl (C=O) groups excluding carboxylic acids is 1. The molecule has 1 aliphatic rings. The molecule has 0 unspecified atom stereocenters. The van der Waals surface area contributed by atoms with Gasteiger partial charge in [-0.3, -0.25) is 9.59 Å². The van der Waals surface area contributed by atoms with Gasteiger partial charge in [0.25, 0.3) is 5.56 Å². The summed E-state index contributed by atoms with van der Waals surface area (Å²) in [5, 5.41) is 7.25. The fourth-order valence-corrected chi connectivity index (χ4v) is 2.45. The second-order valence-electron chi connectivity index (χ2n) is 5.55. The molecule has 2 rings (SSSR count). The van der Waals surface area contributed by atoms with Gasteiger partial charge in [-0.25, -0.2) is 4.68 Å². The van der Waals surface area contributed by atoms with Gasteiger partial charge >= 0.3 is 0 Å². The van der Waals surface area contributed by atoms with Gasteiger partial charge in [-0.1, -0.05) is 13.3 Å². The van der Waals surface area contributed by atoms with Crippen molar-refractivity contribution in [3.8, 4) is 0 Å². The van der Waals surface area contributed by atoms with E-state index in [9.17, 15) is 9.59 Å². The normalized spacial score (nSPS) is 16.1. The van der Waals surface area contributed by atoms with Crippen LogP contribution < -0.4 is 10.9 Å². The fourth-order valence-electron chi connectivity index (χ4n) is 2.45. The maximum absolute atomic E-state index is 12.0. The van der Waals surface area contributed by atoms with Crippen LogP contribution in [0.5, 0.6) is 0 Å². The Morgan fingerprint density at radius 2 is 2.15 bits per heavy atom. The minimum atomic E-state index is -0.176. The molecular formula is C15H23N3O2. The molecule has 1 atom stereocenters.